The number of rotatable bonds is 4. The molecule has 150 valence electrons. The van der Waals surface area contributed by atoms with Gasteiger partial charge in [0.2, 0.25) is 0 Å². The van der Waals surface area contributed by atoms with Crippen molar-refractivity contribution in [2.75, 3.05) is 0 Å². The Morgan fingerprint density at radius 1 is 0.862 bits per heavy atom. The quantitative estimate of drug-likeness (QED) is 0.479. The van der Waals surface area contributed by atoms with E-state index in [-0.39, 0.29) is 5.82 Å². The summed E-state index contributed by atoms with van der Waals surface area (Å²) in [4.78, 5) is 0. The fraction of sp³-hybridized carbons (Fsp3) is 0.429. The van der Waals surface area contributed by atoms with Crippen LogP contribution in [0.25, 0.3) is 0 Å². The van der Waals surface area contributed by atoms with Gasteiger partial charge in [0, 0.05) is 17.5 Å². The number of unbranched alkanes of at least 4 members (excludes halogenated alkanes) is 1. The molecule has 2 aromatic rings. The van der Waals surface area contributed by atoms with Gasteiger partial charge in [-0.15, -0.1) is 0 Å². The van der Waals surface area contributed by atoms with Gasteiger partial charge in [-0.25, -0.2) is 4.39 Å². The van der Waals surface area contributed by atoms with E-state index in [1.807, 2.05) is 37.3 Å². The second-order valence-electron chi connectivity index (χ2n) is 8.08. The number of hydrogen-bond donors (Lipinski definition) is 0. The van der Waals surface area contributed by atoms with Gasteiger partial charge in [0.15, 0.2) is 0 Å². The second kappa shape index (κ2) is 10.9. The maximum Gasteiger partial charge on any atom is 0.139 e. The Bertz CT molecular complexity index is 907. The average Bonchev–Trinajstić information content (AvgIpc) is 2.76. The molecule has 0 heterocycles. The van der Waals surface area contributed by atoms with Crippen LogP contribution in [0.4, 0.5) is 4.39 Å². The summed E-state index contributed by atoms with van der Waals surface area (Å²) in [6, 6.07) is 13.4. The number of halogens is 1. The summed E-state index contributed by atoms with van der Waals surface area (Å²) in [5.41, 5.74) is 3.47. The average molecular weight is 387 g/mol. The molecule has 0 radical (unpaired) electrons. The number of benzene rings is 2. The summed E-state index contributed by atoms with van der Waals surface area (Å²) in [5, 5.41) is 0. The molecule has 2 aromatic carbocycles. The Kier molecular flexibility index (Phi) is 7.95. The fourth-order valence-corrected chi connectivity index (χ4v) is 4.13. The number of hydrogen-bond acceptors (Lipinski definition) is 0. The Morgan fingerprint density at radius 3 is 2.17 bits per heavy atom. The van der Waals surface area contributed by atoms with Crippen LogP contribution in [0.3, 0.4) is 0 Å². The van der Waals surface area contributed by atoms with E-state index >= 15 is 0 Å². The van der Waals surface area contributed by atoms with Crippen LogP contribution in [-0.2, 0) is 0 Å². The molecule has 0 amide bonds. The van der Waals surface area contributed by atoms with E-state index in [0.29, 0.717) is 11.5 Å². The third kappa shape index (κ3) is 6.24. The fourth-order valence-electron chi connectivity index (χ4n) is 4.13. The van der Waals surface area contributed by atoms with Gasteiger partial charge in [-0.3, -0.25) is 0 Å². The van der Waals surface area contributed by atoms with Crippen molar-refractivity contribution >= 4 is 0 Å². The zero-order valence-corrected chi connectivity index (χ0v) is 17.7. The molecule has 1 aliphatic rings. The zero-order chi connectivity index (χ0) is 20.5. The van der Waals surface area contributed by atoms with Crippen LogP contribution in [0.1, 0.15) is 93.4 Å². The minimum Gasteiger partial charge on any atom is -0.206 e. The van der Waals surface area contributed by atoms with Gasteiger partial charge >= 0.3 is 0 Å². The monoisotopic (exact) mass is 386 g/mol. The molecule has 3 rings (SSSR count). The maximum atomic E-state index is 14.6. The van der Waals surface area contributed by atoms with E-state index in [1.165, 1.54) is 44.9 Å². The third-order valence-electron chi connectivity index (χ3n) is 5.91. The lowest BCUT2D eigenvalue weighted by atomic mass is 9.77. The highest BCUT2D eigenvalue weighted by Crippen LogP contribution is 2.38. The van der Waals surface area contributed by atoms with Gasteiger partial charge in [0.05, 0.1) is 5.56 Å². The van der Waals surface area contributed by atoms with E-state index in [9.17, 15) is 4.39 Å². The van der Waals surface area contributed by atoms with Crippen LogP contribution in [0.15, 0.2) is 42.5 Å². The van der Waals surface area contributed by atoms with E-state index in [2.05, 4.69) is 36.7 Å². The molecule has 29 heavy (non-hydrogen) atoms. The van der Waals surface area contributed by atoms with Gasteiger partial charge in [0.25, 0.3) is 0 Å². The smallest absolute Gasteiger partial charge is 0.139 e. The summed E-state index contributed by atoms with van der Waals surface area (Å²) in [5.74, 6) is 13.4. The second-order valence-corrected chi connectivity index (χ2v) is 8.08. The van der Waals surface area contributed by atoms with Gasteiger partial charge in [-0.2, -0.15) is 0 Å². The SMILES string of the molecule is CCC#Cc1ccc(C#Cc2ccc([C@H]3CC[C@H](CCCC)CC3)cc2F)cc1. The molecule has 0 aromatic heterocycles. The molecule has 1 saturated carbocycles. The molecular formula is C28H31F. The molecule has 1 fully saturated rings. The van der Waals surface area contributed by atoms with Crippen molar-refractivity contribution in [3.63, 3.8) is 0 Å². The van der Waals surface area contributed by atoms with Crippen molar-refractivity contribution in [1.82, 2.24) is 0 Å². The standard InChI is InChI=1S/C28H31F/c1-3-5-7-22-9-11-24(12-10-22)15-18-26-19-20-27(21-28(26)29)25-16-13-23(14-17-25)8-6-4-2/h9-12,19-21,23,25H,3-4,6,8,13-14,16-17H2,1-2H3/t23-,25-. The highest BCUT2D eigenvalue weighted by molar-refractivity contribution is 5.46. The van der Waals surface area contributed by atoms with Crippen molar-refractivity contribution in [2.24, 2.45) is 5.92 Å². The molecule has 0 nitrogen and oxygen atoms in total. The normalized spacial score (nSPS) is 18.3. The molecule has 1 heteroatoms. The molecule has 0 atom stereocenters. The van der Waals surface area contributed by atoms with Crippen molar-refractivity contribution in [1.29, 1.82) is 0 Å². The molecular weight excluding hydrogens is 355 g/mol. The molecule has 0 bridgehead atoms. The predicted molar refractivity (Wildman–Crippen MR) is 120 cm³/mol. The largest absolute Gasteiger partial charge is 0.206 e. The topological polar surface area (TPSA) is 0 Å². The van der Waals surface area contributed by atoms with E-state index < -0.39 is 0 Å². The van der Waals surface area contributed by atoms with Gasteiger partial charge in [-0.1, -0.05) is 62.9 Å². The predicted octanol–water partition coefficient (Wildman–Crippen LogP) is 7.45. The summed E-state index contributed by atoms with van der Waals surface area (Å²) < 4.78 is 14.6. The summed E-state index contributed by atoms with van der Waals surface area (Å²) in [6.07, 6.45) is 9.77. The molecule has 0 saturated heterocycles. The minimum atomic E-state index is -0.200. The molecule has 0 unspecified atom stereocenters. The summed E-state index contributed by atoms with van der Waals surface area (Å²) in [6.45, 7) is 4.29. The van der Waals surface area contributed by atoms with Crippen molar-refractivity contribution in [3.8, 4) is 23.7 Å². The van der Waals surface area contributed by atoms with Gasteiger partial charge in [-0.05, 0) is 79.5 Å². The highest BCUT2D eigenvalue weighted by Gasteiger charge is 2.22. The molecule has 0 N–H and O–H groups in total. The van der Waals surface area contributed by atoms with Crippen LogP contribution in [-0.4, -0.2) is 0 Å². The van der Waals surface area contributed by atoms with Crippen molar-refractivity contribution in [3.05, 3.63) is 70.5 Å². The Morgan fingerprint density at radius 2 is 1.55 bits per heavy atom. The Balaban J connectivity index is 1.63. The lowest BCUT2D eigenvalue weighted by Crippen LogP contribution is -2.13. The molecule has 0 aliphatic heterocycles. The van der Waals surface area contributed by atoms with Crippen LogP contribution >= 0.6 is 0 Å². The third-order valence-corrected chi connectivity index (χ3v) is 5.91. The van der Waals surface area contributed by atoms with Crippen LogP contribution < -0.4 is 0 Å². The highest BCUT2D eigenvalue weighted by atomic mass is 19.1. The maximum absolute atomic E-state index is 14.6. The first-order chi connectivity index (χ1) is 14.2. The first kappa shape index (κ1) is 21.2. The van der Waals surface area contributed by atoms with Crippen LogP contribution in [0, 0.1) is 35.4 Å². The van der Waals surface area contributed by atoms with Gasteiger partial charge < -0.3 is 0 Å². The minimum absolute atomic E-state index is 0.200. The summed E-state index contributed by atoms with van der Waals surface area (Å²) >= 11 is 0. The van der Waals surface area contributed by atoms with Crippen LogP contribution in [0.5, 0.6) is 0 Å². The first-order valence-electron chi connectivity index (χ1n) is 11.1. The van der Waals surface area contributed by atoms with Crippen molar-refractivity contribution < 1.29 is 4.39 Å². The molecule has 1 aliphatic carbocycles. The van der Waals surface area contributed by atoms with E-state index in [1.54, 1.807) is 6.07 Å². The van der Waals surface area contributed by atoms with E-state index in [0.717, 1.165) is 29.0 Å². The lowest BCUT2D eigenvalue weighted by molar-refractivity contribution is 0.304. The van der Waals surface area contributed by atoms with Crippen LogP contribution in [0.2, 0.25) is 0 Å². The van der Waals surface area contributed by atoms with Crippen molar-refractivity contribution in [2.45, 2.75) is 71.1 Å². The lowest BCUT2D eigenvalue weighted by Gasteiger charge is -2.28. The summed E-state index contributed by atoms with van der Waals surface area (Å²) in [7, 11) is 0. The Hall–Kier alpha value is -2.51. The first-order valence-corrected chi connectivity index (χ1v) is 11.1. The van der Waals surface area contributed by atoms with Gasteiger partial charge in [0.1, 0.15) is 5.82 Å². The Labute approximate surface area is 175 Å². The van der Waals surface area contributed by atoms with E-state index in [4.69, 9.17) is 0 Å². The zero-order valence-electron chi connectivity index (χ0n) is 17.7. The molecule has 0 spiro atoms.